The van der Waals surface area contributed by atoms with Crippen LogP contribution in [0, 0.1) is 3.57 Å². The Labute approximate surface area is 206 Å². The van der Waals surface area contributed by atoms with E-state index >= 15 is 0 Å². The summed E-state index contributed by atoms with van der Waals surface area (Å²) in [4.78, 5) is 4.83. The van der Waals surface area contributed by atoms with Crippen LogP contribution >= 0.6 is 22.6 Å². The molecule has 0 aliphatic carbocycles. The fourth-order valence-corrected chi connectivity index (χ4v) is 4.78. The summed E-state index contributed by atoms with van der Waals surface area (Å²) in [6.07, 6.45) is 1.99. The molecule has 1 nitrogen and oxygen atoms in total. The summed E-state index contributed by atoms with van der Waals surface area (Å²) >= 11 is 2.34. The Bertz CT molecular complexity index is 1590. The number of benzene rings is 5. The summed E-state index contributed by atoms with van der Waals surface area (Å²) < 4.78 is 1.25. The molecule has 0 atom stereocenters. The second-order valence-electron chi connectivity index (χ2n) is 8.24. The molecule has 0 unspecified atom stereocenters. The van der Waals surface area contributed by atoms with E-state index in [2.05, 4.69) is 138 Å². The van der Waals surface area contributed by atoms with Crippen molar-refractivity contribution in [1.82, 2.24) is 4.98 Å². The highest BCUT2D eigenvalue weighted by Crippen LogP contribution is 2.31. The zero-order valence-corrected chi connectivity index (χ0v) is 20.0. The van der Waals surface area contributed by atoms with Crippen LogP contribution in [0.1, 0.15) is 0 Å². The van der Waals surface area contributed by atoms with Gasteiger partial charge in [-0.05, 0) is 91.2 Å². The zero-order valence-electron chi connectivity index (χ0n) is 17.9. The third-order valence-electron chi connectivity index (χ3n) is 6.18. The lowest BCUT2D eigenvalue weighted by atomic mass is 9.97. The highest BCUT2D eigenvalue weighted by molar-refractivity contribution is 14.1. The molecule has 5 aromatic carbocycles. The second kappa shape index (κ2) is 8.45. The molecule has 0 fully saturated rings. The summed E-state index contributed by atoms with van der Waals surface area (Å²) in [5.41, 5.74) is 6.95. The van der Waals surface area contributed by atoms with Crippen molar-refractivity contribution in [3.05, 3.63) is 125 Å². The Morgan fingerprint density at radius 2 is 1.15 bits per heavy atom. The van der Waals surface area contributed by atoms with Crippen LogP contribution in [0.3, 0.4) is 0 Å². The third kappa shape index (κ3) is 3.91. The molecule has 0 amide bonds. The predicted molar refractivity (Wildman–Crippen MR) is 148 cm³/mol. The fraction of sp³-hybridized carbons (Fsp3) is 0. The normalized spacial score (nSPS) is 11.2. The van der Waals surface area contributed by atoms with Crippen LogP contribution < -0.4 is 0 Å². The van der Waals surface area contributed by atoms with Gasteiger partial charge in [-0.25, -0.2) is 0 Å². The zero-order chi connectivity index (χ0) is 22.2. The topological polar surface area (TPSA) is 12.9 Å². The van der Waals surface area contributed by atoms with Gasteiger partial charge in [0.25, 0.3) is 0 Å². The number of aromatic nitrogens is 1. The van der Waals surface area contributed by atoms with Crippen molar-refractivity contribution in [2.45, 2.75) is 0 Å². The van der Waals surface area contributed by atoms with Crippen molar-refractivity contribution in [1.29, 1.82) is 0 Å². The maximum absolute atomic E-state index is 4.83. The molecule has 6 rings (SSSR count). The van der Waals surface area contributed by atoms with Crippen LogP contribution in [0.4, 0.5) is 0 Å². The van der Waals surface area contributed by atoms with E-state index in [-0.39, 0.29) is 0 Å². The van der Waals surface area contributed by atoms with E-state index in [1.54, 1.807) is 0 Å². The minimum Gasteiger partial charge on any atom is -0.256 e. The largest absolute Gasteiger partial charge is 0.256 e. The van der Waals surface area contributed by atoms with Gasteiger partial charge in [0.05, 0.1) is 5.69 Å². The van der Waals surface area contributed by atoms with Crippen LogP contribution in [0.15, 0.2) is 121 Å². The summed E-state index contributed by atoms with van der Waals surface area (Å²) in [6.45, 7) is 0. The molecule has 0 radical (unpaired) electrons. The standard InChI is InChI=1S/C31H20IN/c32-28-15-12-21(13-16-28)24-10-8-22-9-11-25(19-27(22)18-24)26-14-17-31(33-20-26)30-7-3-5-23-4-1-2-6-29(23)30/h1-20H. The number of halogens is 1. The highest BCUT2D eigenvalue weighted by Gasteiger charge is 2.07. The number of nitrogens with zero attached hydrogens (tertiary/aromatic N) is 1. The Kier molecular flexibility index (Phi) is 5.16. The second-order valence-corrected chi connectivity index (χ2v) is 9.49. The Morgan fingerprint density at radius 3 is 1.91 bits per heavy atom. The van der Waals surface area contributed by atoms with E-state index in [1.165, 1.54) is 47.4 Å². The molecule has 0 saturated heterocycles. The van der Waals surface area contributed by atoms with Gasteiger partial charge in [0.1, 0.15) is 0 Å². The summed E-state index contributed by atoms with van der Waals surface area (Å²) in [7, 11) is 0. The fourth-order valence-electron chi connectivity index (χ4n) is 4.42. The average Bonchev–Trinajstić information content (AvgIpc) is 2.88. The molecule has 1 aromatic heterocycles. The molecule has 156 valence electrons. The van der Waals surface area contributed by atoms with E-state index < -0.39 is 0 Å². The summed E-state index contributed by atoms with van der Waals surface area (Å²) in [6, 6.07) is 41.2. The lowest BCUT2D eigenvalue weighted by molar-refractivity contribution is 1.33. The maximum Gasteiger partial charge on any atom is 0.0708 e. The Morgan fingerprint density at radius 1 is 0.485 bits per heavy atom. The Balaban J connectivity index is 1.37. The molecule has 0 spiro atoms. The van der Waals surface area contributed by atoms with Crippen molar-refractivity contribution in [3.63, 3.8) is 0 Å². The van der Waals surface area contributed by atoms with E-state index in [9.17, 15) is 0 Å². The van der Waals surface area contributed by atoms with Crippen molar-refractivity contribution in [2.75, 3.05) is 0 Å². The van der Waals surface area contributed by atoms with Gasteiger partial charge in [-0.2, -0.15) is 0 Å². The first-order valence-corrected chi connectivity index (χ1v) is 12.1. The number of hydrogen-bond acceptors (Lipinski definition) is 1. The molecule has 1 heterocycles. The lowest BCUT2D eigenvalue weighted by Crippen LogP contribution is -1.87. The molecule has 0 bridgehead atoms. The van der Waals surface area contributed by atoms with Gasteiger partial charge in [0, 0.05) is 20.9 Å². The number of hydrogen-bond donors (Lipinski definition) is 0. The SMILES string of the molecule is Ic1ccc(-c2ccc3ccc(-c4ccc(-c5cccc6ccccc56)nc4)cc3c2)cc1. The summed E-state index contributed by atoms with van der Waals surface area (Å²) in [5, 5.41) is 4.95. The first kappa shape index (κ1) is 20.1. The molecule has 2 heteroatoms. The van der Waals surface area contributed by atoms with Crippen molar-refractivity contribution >= 4 is 44.1 Å². The molecule has 0 saturated carbocycles. The van der Waals surface area contributed by atoms with E-state index in [0.29, 0.717) is 0 Å². The van der Waals surface area contributed by atoms with Crippen molar-refractivity contribution in [3.8, 4) is 33.5 Å². The molecule has 0 N–H and O–H groups in total. The highest BCUT2D eigenvalue weighted by atomic mass is 127. The Hall–Kier alpha value is -3.50. The molecular weight excluding hydrogens is 513 g/mol. The molecule has 33 heavy (non-hydrogen) atoms. The van der Waals surface area contributed by atoms with E-state index in [1.807, 2.05) is 6.20 Å². The van der Waals surface area contributed by atoms with Crippen LogP contribution in [0.25, 0.3) is 55.1 Å². The minimum atomic E-state index is 0.998. The molecule has 0 aliphatic heterocycles. The first-order valence-electron chi connectivity index (χ1n) is 11.0. The monoisotopic (exact) mass is 533 g/mol. The number of pyridine rings is 1. The first-order chi connectivity index (χ1) is 16.2. The van der Waals surface area contributed by atoms with Gasteiger partial charge in [-0.15, -0.1) is 0 Å². The van der Waals surface area contributed by atoms with Crippen LogP contribution in [0.2, 0.25) is 0 Å². The van der Waals surface area contributed by atoms with Gasteiger partial charge in [-0.3, -0.25) is 4.98 Å². The van der Waals surface area contributed by atoms with Gasteiger partial charge in [0.2, 0.25) is 0 Å². The van der Waals surface area contributed by atoms with Gasteiger partial charge in [0.15, 0.2) is 0 Å². The molecule has 0 aliphatic rings. The van der Waals surface area contributed by atoms with Gasteiger partial charge in [-0.1, -0.05) is 84.9 Å². The quantitative estimate of drug-likeness (QED) is 0.207. The van der Waals surface area contributed by atoms with Crippen molar-refractivity contribution in [2.24, 2.45) is 0 Å². The van der Waals surface area contributed by atoms with E-state index in [0.717, 1.165) is 11.3 Å². The van der Waals surface area contributed by atoms with Gasteiger partial charge >= 0.3 is 0 Å². The molecular formula is C31H20IN. The van der Waals surface area contributed by atoms with Crippen LogP contribution in [-0.4, -0.2) is 4.98 Å². The van der Waals surface area contributed by atoms with E-state index in [4.69, 9.17) is 4.98 Å². The predicted octanol–water partition coefficient (Wildman–Crippen LogP) is 8.99. The third-order valence-corrected chi connectivity index (χ3v) is 6.90. The minimum absolute atomic E-state index is 0.998. The maximum atomic E-state index is 4.83. The smallest absolute Gasteiger partial charge is 0.0708 e. The summed E-state index contributed by atoms with van der Waals surface area (Å²) in [5.74, 6) is 0. The van der Waals surface area contributed by atoms with Crippen molar-refractivity contribution < 1.29 is 0 Å². The number of fused-ring (bicyclic) bond motifs is 2. The van der Waals surface area contributed by atoms with Crippen LogP contribution in [0.5, 0.6) is 0 Å². The lowest BCUT2D eigenvalue weighted by Gasteiger charge is -2.09. The van der Waals surface area contributed by atoms with Gasteiger partial charge < -0.3 is 0 Å². The average molecular weight is 533 g/mol. The van der Waals surface area contributed by atoms with Crippen LogP contribution in [-0.2, 0) is 0 Å². The molecule has 6 aromatic rings. The number of rotatable bonds is 3.